The van der Waals surface area contributed by atoms with Crippen LogP contribution in [0.4, 0.5) is 0 Å². The van der Waals surface area contributed by atoms with Crippen molar-refractivity contribution < 1.29 is 9.90 Å². The number of benzene rings is 1. The van der Waals surface area contributed by atoms with E-state index in [9.17, 15) is 9.90 Å². The first-order valence-electron chi connectivity index (χ1n) is 3.97. The van der Waals surface area contributed by atoms with Crippen LogP contribution in [-0.2, 0) is 0 Å². The number of hydrogen-bond acceptors (Lipinski definition) is 3. The van der Waals surface area contributed by atoms with Gasteiger partial charge >= 0.3 is 0 Å². The van der Waals surface area contributed by atoms with Gasteiger partial charge in [0.2, 0.25) is 0 Å². The summed E-state index contributed by atoms with van der Waals surface area (Å²) < 4.78 is 0. The number of nitrogens with zero attached hydrogens (tertiary/aromatic N) is 1. The largest absolute Gasteiger partial charge is 0.505 e. The fourth-order valence-corrected chi connectivity index (χ4v) is 1.39. The van der Waals surface area contributed by atoms with Crippen molar-refractivity contribution in [1.82, 2.24) is 4.98 Å². The van der Waals surface area contributed by atoms with E-state index in [4.69, 9.17) is 11.6 Å². The fourth-order valence-electron chi connectivity index (χ4n) is 1.25. The van der Waals surface area contributed by atoms with Gasteiger partial charge in [-0.25, -0.2) is 4.98 Å². The number of carbonyl (C=O) groups excluding carboxylic acids is 1. The molecule has 0 amide bonds. The van der Waals surface area contributed by atoms with Crippen LogP contribution in [0.1, 0.15) is 10.5 Å². The zero-order valence-electron chi connectivity index (χ0n) is 7.07. The lowest BCUT2D eigenvalue weighted by Crippen LogP contribution is -1.94. The molecule has 0 aliphatic heterocycles. The van der Waals surface area contributed by atoms with Gasteiger partial charge in [-0.05, 0) is 23.7 Å². The van der Waals surface area contributed by atoms with Crippen LogP contribution in [0.25, 0.3) is 10.9 Å². The van der Waals surface area contributed by atoms with Gasteiger partial charge in [-0.3, -0.25) is 4.79 Å². The molecule has 3 nitrogen and oxygen atoms in total. The summed E-state index contributed by atoms with van der Waals surface area (Å²) in [6.45, 7) is 0. The Morgan fingerprint density at radius 3 is 2.79 bits per heavy atom. The highest BCUT2D eigenvalue weighted by atomic mass is 35.5. The third-order valence-corrected chi connectivity index (χ3v) is 2.07. The van der Waals surface area contributed by atoms with Crippen LogP contribution < -0.4 is 0 Å². The number of aromatic nitrogens is 1. The first kappa shape index (κ1) is 8.97. The number of halogens is 1. The molecule has 0 atom stereocenters. The quantitative estimate of drug-likeness (QED) is 0.731. The number of rotatable bonds is 1. The van der Waals surface area contributed by atoms with Gasteiger partial charge in [0, 0.05) is 5.39 Å². The van der Waals surface area contributed by atoms with Gasteiger partial charge in [0.1, 0.15) is 5.75 Å². The topological polar surface area (TPSA) is 50.2 Å². The van der Waals surface area contributed by atoms with E-state index in [-0.39, 0.29) is 11.4 Å². The van der Waals surface area contributed by atoms with E-state index >= 15 is 0 Å². The Bertz CT molecular complexity index is 510. The molecule has 0 saturated heterocycles. The lowest BCUT2D eigenvalue weighted by molar-refractivity contribution is 0.107. The van der Waals surface area contributed by atoms with E-state index < -0.39 is 5.24 Å². The van der Waals surface area contributed by atoms with Gasteiger partial charge in [0.15, 0.2) is 5.69 Å². The van der Waals surface area contributed by atoms with Crippen molar-refractivity contribution in [3.05, 3.63) is 36.0 Å². The maximum atomic E-state index is 10.9. The van der Waals surface area contributed by atoms with E-state index in [2.05, 4.69) is 4.98 Å². The van der Waals surface area contributed by atoms with Crippen LogP contribution in [0.2, 0.25) is 0 Å². The van der Waals surface area contributed by atoms with Gasteiger partial charge < -0.3 is 5.11 Å². The summed E-state index contributed by atoms with van der Waals surface area (Å²) in [5.74, 6) is -0.191. The van der Waals surface area contributed by atoms with E-state index in [0.29, 0.717) is 5.52 Å². The molecule has 0 unspecified atom stereocenters. The van der Waals surface area contributed by atoms with Crippen molar-refractivity contribution in [2.75, 3.05) is 0 Å². The zero-order chi connectivity index (χ0) is 10.1. The number of hydrogen-bond donors (Lipinski definition) is 1. The summed E-state index contributed by atoms with van der Waals surface area (Å²) in [6, 6.07) is 8.64. The Morgan fingerprint density at radius 1 is 1.36 bits per heavy atom. The summed E-state index contributed by atoms with van der Waals surface area (Å²) >= 11 is 5.25. The van der Waals surface area contributed by atoms with Gasteiger partial charge in [-0.2, -0.15) is 0 Å². The molecule has 0 saturated carbocycles. The third kappa shape index (κ3) is 1.42. The van der Waals surface area contributed by atoms with E-state index in [1.807, 2.05) is 6.07 Å². The number of aromatic hydroxyl groups is 1. The molecular weight excluding hydrogens is 202 g/mol. The molecule has 14 heavy (non-hydrogen) atoms. The number of fused-ring (bicyclic) bond motifs is 1. The van der Waals surface area contributed by atoms with Crippen LogP contribution in [0.15, 0.2) is 30.3 Å². The maximum Gasteiger partial charge on any atom is 0.274 e. The molecular formula is C10H6ClNO2. The summed E-state index contributed by atoms with van der Waals surface area (Å²) in [5, 5.41) is 9.42. The summed E-state index contributed by atoms with van der Waals surface area (Å²) in [4.78, 5) is 14.8. The van der Waals surface area contributed by atoms with Crippen molar-refractivity contribution in [3.63, 3.8) is 0 Å². The molecule has 1 heterocycles. The molecule has 1 aromatic heterocycles. The predicted octanol–water partition coefficient (Wildman–Crippen LogP) is 2.32. The molecule has 0 aliphatic rings. The van der Waals surface area contributed by atoms with Crippen LogP contribution >= 0.6 is 11.6 Å². The lowest BCUT2D eigenvalue weighted by Gasteiger charge is -2.01. The molecule has 0 bridgehead atoms. The average Bonchev–Trinajstić information content (AvgIpc) is 2.16. The van der Waals surface area contributed by atoms with Gasteiger partial charge in [-0.15, -0.1) is 0 Å². The Balaban J connectivity index is 2.77. The first-order chi connectivity index (χ1) is 6.68. The molecule has 0 radical (unpaired) electrons. The van der Waals surface area contributed by atoms with E-state index in [0.717, 1.165) is 5.39 Å². The van der Waals surface area contributed by atoms with Crippen molar-refractivity contribution in [3.8, 4) is 5.75 Å². The minimum absolute atomic E-state index is 0.106. The zero-order valence-corrected chi connectivity index (χ0v) is 7.82. The second-order valence-corrected chi connectivity index (χ2v) is 3.17. The van der Waals surface area contributed by atoms with Crippen LogP contribution in [0, 0.1) is 0 Å². The van der Waals surface area contributed by atoms with Gasteiger partial charge in [0.25, 0.3) is 5.24 Å². The van der Waals surface area contributed by atoms with Gasteiger partial charge in [0.05, 0.1) is 5.52 Å². The summed E-state index contributed by atoms with van der Waals surface area (Å²) in [5.41, 5.74) is 0.527. The molecule has 0 aliphatic carbocycles. The molecule has 2 aromatic rings. The molecule has 4 heteroatoms. The van der Waals surface area contributed by atoms with Crippen molar-refractivity contribution in [2.45, 2.75) is 0 Å². The molecule has 1 aromatic carbocycles. The average molecular weight is 208 g/mol. The van der Waals surface area contributed by atoms with E-state index in [1.165, 1.54) is 6.07 Å². The maximum absolute atomic E-state index is 10.9. The molecule has 70 valence electrons. The third-order valence-electron chi connectivity index (χ3n) is 1.89. The normalized spacial score (nSPS) is 10.4. The molecule has 0 spiro atoms. The number of para-hydroxylation sites is 1. The lowest BCUT2D eigenvalue weighted by atomic mass is 10.2. The minimum Gasteiger partial charge on any atom is -0.505 e. The Hall–Kier alpha value is -1.61. The highest BCUT2D eigenvalue weighted by molar-refractivity contribution is 6.67. The summed E-state index contributed by atoms with van der Waals surface area (Å²) in [6.07, 6.45) is 0. The monoisotopic (exact) mass is 207 g/mol. The van der Waals surface area contributed by atoms with E-state index in [1.54, 1.807) is 18.2 Å². The Kier molecular flexibility index (Phi) is 2.09. The summed E-state index contributed by atoms with van der Waals surface area (Å²) in [7, 11) is 0. The standard InChI is InChI=1S/C10H6ClNO2/c11-10(14)9-8(13)5-6-3-1-2-4-7(6)12-9/h1-5,13H. The van der Waals surface area contributed by atoms with Crippen molar-refractivity contribution >= 4 is 27.7 Å². The predicted molar refractivity (Wildman–Crippen MR) is 53.6 cm³/mol. The van der Waals surface area contributed by atoms with Crippen molar-refractivity contribution in [2.24, 2.45) is 0 Å². The van der Waals surface area contributed by atoms with Crippen molar-refractivity contribution in [1.29, 1.82) is 0 Å². The minimum atomic E-state index is -0.756. The Labute approximate surface area is 85.0 Å². The Morgan fingerprint density at radius 2 is 2.07 bits per heavy atom. The molecule has 2 rings (SSSR count). The molecule has 1 N–H and O–H groups in total. The SMILES string of the molecule is O=C(Cl)c1nc2ccccc2cc1O. The first-order valence-corrected chi connectivity index (χ1v) is 4.35. The second kappa shape index (κ2) is 3.27. The number of pyridine rings is 1. The highest BCUT2D eigenvalue weighted by Gasteiger charge is 2.11. The number of carbonyl (C=O) groups is 1. The second-order valence-electron chi connectivity index (χ2n) is 2.82. The molecule has 0 fully saturated rings. The highest BCUT2D eigenvalue weighted by Crippen LogP contribution is 2.22. The smallest absolute Gasteiger partial charge is 0.274 e. The van der Waals surface area contributed by atoms with Gasteiger partial charge in [-0.1, -0.05) is 18.2 Å². The fraction of sp³-hybridized carbons (Fsp3) is 0. The van der Waals surface area contributed by atoms with Crippen LogP contribution in [0.3, 0.4) is 0 Å². The van der Waals surface area contributed by atoms with Crippen LogP contribution in [-0.4, -0.2) is 15.3 Å². The van der Waals surface area contributed by atoms with Crippen LogP contribution in [0.5, 0.6) is 5.75 Å².